The minimum Gasteiger partial charge on any atom is -0.490 e. The van der Waals surface area contributed by atoms with Crippen molar-refractivity contribution < 1.29 is 18.7 Å². The van der Waals surface area contributed by atoms with E-state index in [0.29, 0.717) is 13.0 Å². The predicted octanol–water partition coefficient (Wildman–Crippen LogP) is 2.91. The third kappa shape index (κ3) is 5.34. The van der Waals surface area contributed by atoms with Crippen molar-refractivity contribution in [1.82, 2.24) is 5.32 Å². The highest BCUT2D eigenvalue weighted by molar-refractivity contribution is 5.80. The topological polar surface area (TPSA) is 47.6 Å². The number of hydrogen-bond acceptors (Lipinski definition) is 4. The first-order valence-corrected chi connectivity index (χ1v) is 7.21. The molecule has 0 radical (unpaired) electrons. The molecule has 0 aliphatic heterocycles. The maximum absolute atomic E-state index is 13.5. The number of esters is 1. The minimum absolute atomic E-state index is 0.118. The molecule has 4 nitrogen and oxygen atoms in total. The first kappa shape index (κ1) is 17.4. The lowest BCUT2D eigenvalue weighted by Crippen LogP contribution is -2.54. The molecule has 0 fully saturated rings. The fourth-order valence-electron chi connectivity index (χ4n) is 2.09. The van der Waals surface area contributed by atoms with E-state index < -0.39 is 11.4 Å². The Hall–Kier alpha value is -1.62. The summed E-state index contributed by atoms with van der Waals surface area (Å²) in [6, 6.07) is 6.33. The third-order valence-corrected chi connectivity index (χ3v) is 3.03. The Kier molecular flexibility index (Phi) is 6.62. The summed E-state index contributed by atoms with van der Waals surface area (Å²) >= 11 is 0. The van der Waals surface area contributed by atoms with E-state index in [1.54, 1.807) is 32.0 Å². The molecule has 0 saturated heterocycles. The lowest BCUT2D eigenvalue weighted by atomic mass is 9.97. The molecule has 0 aliphatic carbocycles. The highest BCUT2D eigenvalue weighted by Crippen LogP contribution is 2.18. The van der Waals surface area contributed by atoms with E-state index in [-0.39, 0.29) is 24.4 Å². The third-order valence-electron chi connectivity index (χ3n) is 3.03. The van der Waals surface area contributed by atoms with Crippen molar-refractivity contribution >= 4 is 5.97 Å². The second kappa shape index (κ2) is 7.98. The van der Waals surface area contributed by atoms with Crippen LogP contribution in [0.1, 0.15) is 34.1 Å². The molecule has 118 valence electrons. The molecule has 1 unspecified atom stereocenters. The van der Waals surface area contributed by atoms with Crippen molar-refractivity contribution in [2.75, 3.05) is 13.2 Å². The van der Waals surface area contributed by atoms with Gasteiger partial charge in [0.1, 0.15) is 5.54 Å². The molecule has 0 heterocycles. The number of nitrogens with one attached hydrogen (secondary N) is 1. The molecule has 5 heteroatoms. The Bertz CT molecular complexity index is 465. The normalized spacial score (nSPS) is 13.8. The Labute approximate surface area is 125 Å². The van der Waals surface area contributed by atoms with Crippen LogP contribution in [0.5, 0.6) is 5.75 Å². The van der Waals surface area contributed by atoms with Crippen molar-refractivity contribution in [2.45, 2.75) is 45.7 Å². The average molecular weight is 297 g/mol. The van der Waals surface area contributed by atoms with Crippen LogP contribution in [0, 0.1) is 5.82 Å². The number of halogens is 1. The van der Waals surface area contributed by atoms with Gasteiger partial charge in [-0.2, -0.15) is 0 Å². The second-order valence-electron chi connectivity index (χ2n) is 5.38. The molecule has 0 spiro atoms. The van der Waals surface area contributed by atoms with Crippen LogP contribution in [0.25, 0.3) is 0 Å². The first-order chi connectivity index (χ1) is 9.89. The lowest BCUT2D eigenvalue weighted by molar-refractivity contribution is -0.151. The van der Waals surface area contributed by atoms with Gasteiger partial charge in [0.25, 0.3) is 0 Å². The van der Waals surface area contributed by atoms with E-state index in [9.17, 15) is 9.18 Å². The van der Waals surface area contributed by atoms with Crippen molar-refractivity contribution in [3.63, 3.8) is 0 Å². The lowest BCUT2D eigenvalue weighted by Gasteiger charge is -2.30. The highest BCUT2D eigenvalue weighted by Gasteiger charge is 2.35. The maximum atomic E-state index is 13.5. The highest BCUT2D eigenvalue weighted by atomic mass is 19.1. The van der Waals surface area contributed by atoms with Gasteiger partial charge in [0.15, 0.2) is 11.6 Å². The van der Waals surface area contributed by atoms with E-state index in [1.807, 2.05) is 13.8 Å². The molecule has 1 N–H and O–H groups in total. The van der Waals surface area contributed by atoms with Crippen LogP contribution in [-0.2, 0) is 9.53 Å². The number of benzene rings is 1. The fourth-order valence-corrected chi connectivity index (χ4v) is 2.09. The molecule has 0 aliphatic rings. The van der Waals surface area contributed by atoms with E-state index in [1.165, 1.54) is 6.07 Å². The van der Waals surface area contributed by atoms with Gasteiger partial charge in [0.2, 0.25) is 0 Å². The smallest absolute Gasteiger partial charge is 0.326 e. The summed E-state index contributed by atoms with van der Waals surface area (Å²) in [6.07, 6.45) is 0.387. The van der Waals surface area contributed by atoms with Crippen LogP contribution < -0.4 is 10.1 Å². The van der Waals surface area contributed by atoms with Crippen LogP contribution in [0.2, 0.25) is 0 Å². The SMILES string of the molecule is CCOC(=O)C(C)(CCOc1ccccc1F)NC(C)C. The Morgan fingerprint density at radius 3 is 2.62 bits per heavy atom. The molecule has 1 aromatic rings. The van der Waals surface area contributed by atoms with Crippen LogP contribution in [-0.4, -0.2) is 30.8 Å². The van der Waals surface area contributed by atoms with E-state index in [2.05, 4.69) is 5.32 Å². The number of rotatable bonds is 8. The van der Waals surface area contributed by atoms with Gasteiger partial charge in [0, 0.05) is 12.5 Å². The van der Waals surface area contributed by atoms with Gasteiger partial charge in [-0.1, -0.05) is 12.1 Å². The van der Waals surface area contributed by atoms with Crippen molar-refractivity contribution in [3.8, 4) is 5.75 Å². The van der Waals surface area contributed by atoms with E-state index in [4.69, 9.17) is 9.47 Å². The van der Waals surface area contributed by atoms with E-state index in [0.717, 1.165) is 0 Å². The summed E-state index contributed by atoms with van der Waals surface area (Å²) < 4.78 is 24.0. The first-order valence-electron chi connectivity index (χ1n) is 7.21. The van der Waals surface area contributed by atoms with Crippen molar-refractivity contribution in [3.05, 3.63) is 30.1 Å². The van der Waals surface area contributed by atoms with Crippen molar-refractivity contribution in [1.29, 1.82) is 0 Å². The van der Waals surface area contributed by atoms with Gasteiger partial charge in [0.05, 0.1) is 13.2 Å². The Morgan fingerprint density at radius 1 is 1.38 bits per heavy atom. The standard InChI is InChI=1S/C16H24FNO3/c1-5-20-15(19)16(4,18-12(2)3)10-11-21-14-9-7-6-8-13(14)17/h6-9,12,18H,5,10-11H2,1-4H3. The molecule has 0 aromatic heterocycles. The molecular weight excluding hydrogens is 273 g/mol. The van der Waals surface area contributed by atoms with Gasteiger partial charge in [-0.25, -0.2) is 4.39 Å². The zero-order valence-corrected chi connectivity index (χ0v) is 13.1. The van der Waals surface area contributed by atoms with Gasteiger partial charge in [-0.05, 0) is 39.8 Å². The van der Waals surface area contributed by atoms with Crippen molar-refractivity contribution in [2.24, 2.45) is 0 Å². The molecule has 21 heavy (non-hydrogen) atoms. The van der Waals surface area contributed by atoms with Gasteiger partial charge >= 0.3 is 5.97 Å². The van der Waals surface area contributed by atoms with Crippen LogP contribution in [0.3, 0.4) is 0 Å². The molecule has 1 aromatic carbocycles. The fraction of sp³-hybridized carbons (Fsp3) is 0.562. The largest absolute Gasteiger partial charge is 0.490 e. The van der Waals surface area contributed by atoms with Crippen LogP contribution in [0.4, 0.5) is 4.39 Å². The number of hydrogen-bond donors (Lipinski definition) is 1. The van der Waals surface area contributed by atoms with Gasteiger partial charge < -0.3 is 9.47 Å². The minimum atomic E-state index is -0.852. The summed E-state index contributed by atoms with van der Waals surface area (Å²) in [7, 11) is 0. The van der Waals surface area contributed by atoms with Crippen LogP contribution in [0.15, 0.2) is 24.3 Å². The monoisotopic (exact) mass is 297 g/mol. The van der Waals surface area contributed by atoms with Gasteiger partial charge in [-0.3, -0.25) is 10.1 Å². The molecule has 1 atom stereocenters. The maximum Gasteiger partial charge on any atom is 0.326 e. The summed E-state index contributed by atoms with van der Waals surface area (Å²) in [5, 5.41) is 3.19. The summed E-state index contributed by atoms with van der Waals surface area (Å²) in [5.74, 6) is -0.545. The Balaban J connectivity index is 2.65. The number of ether oxygens (including phenoxy) is 2. The molecule has 1 rings (SSSR count). The molecule has 0 amide bonds. The molecular formula is C16H24FNO3. The summed E-state index contributed by atoms with van der Waals surface area (Å²) in [5.41, 5.74) is -0.852. The Morgan fingerprint density at radius 2 is 2.05 bits per heavy atom. The quantitative estimate of drug-likeness (QED) is 0.750. The zero-order valence-electron chi connectivity index (χ0n) is 13.1. The number of carbonyl (C=O) groups is 1. The number of carbonyl (C=O) groups excluding carboxylic acids is 1. The summed E-state index contributed by atoms with van der Waals surface area (Å²) in [4.78, 5) is 12.1. The van der Waals surface area contributed by atoms with E-state index >= 15 is 0 Å². The molecule has 0 bridgehead atoms. The molecule has 0 saturated carbocycles. The zero-order chi connectivity index (χ0) is 15.9. The summed E-state index contributed by atoms with van der Waals surface area (Å²) in [6.45, 7) is 7.99. The van der Waals surface area contributed by atoms with Gasteiger partial charge in [-0.15, -0.1) is 0 Å². The predicted molar refractivity (Wildman–Crippen MR) is 79.8 cm³/mol. The average Bonchev–Trinajstić information content (AvgIpc) is 2.40. The van der Waals surface area contributed by atoms with Crippen LogP contribution >= 0.6 is 0 Å². The number of para-hydroxylation sites is 1. The second-order valence-corrected chi connectivity index (χ2v) is 5.38.